The van der Waals surface area contributed by atoms with Crippen molar-refractivity contribution in [1.29, 1.82) is 0 Å². The standard InChI is InChI=1S/C15H15F2N3O/c1-8(15(18)21)12-7-20-13(2-3-14(20)19-12)9-4-10(16)6-11(17)5-9/h4-8,13H,2-3H2,1H3,(H2,18,21)/t8?,13-/m0/s1. The Morgan fingerprint density at radius 2 is 2.05 bits per heavy atom. The number of aromatic nitrogens is 2. The Kier molecular flexibility index (Phi) is 3.23. The summed E-state index contributed by atoms with van der Waals surface area (Å²) in [5, 5.41) is 0. The average molecular weight is 291 g/mol. The van der Waals surface area contributed by atoms with Crippen LogP contribution in [0.15, 0.2) is 24.4 Å². The molecule has 0 saturated carbocycles. The number of carbonyl (C=O) groups is 1. The van der Waals surface area contributed by atoms with Gasteiger partial charge in [-0.05, 0) is 31.0 Å². The molecule has 110 valence electrons. The molecule has 0 spiro atoms. The fourth-order valence-corrected chi connectivity index (χ4v) is 2.76. The van der Waals surface area contributed by atoms with Crippen LogP contribution in [0.25, 0.3) is 0 Å². The highest BCUT2D eigenvalue weighted by Crippen LogP contribution is 2.33. The van der Waals surface area contributed by atoms with Gasteiger partial charge in [0.15, 0.2) is 0 Å². The summed E-state index contributed by atoms with van der Waals surface area (Å²) in [7, 11) is 0. The summed E-state index contributed by atoms with van der Waals surface area (Å²) in [4.78, 5) is 15.6. The summed E-state index contributed by atoms with van der Waals surface area (Å²) in [6, 6.07) is 3.36. The molecule has 1 aliphatic rings. The number of amides is 1. The number of benzene rings is 1. The lowest BCUT2D eigenvalue weighted by Gasteiger charge is -2.14. The number of halogens is 2. The number of nitrogens with two attached hydrogens (primary N) is 1. The van der Waals surface area contributed by atoms with Crippen molar-refractivity contribution in [2.45, 2.75) is 31.7 Å². The zero-order valence-electron chi connectivity index (χ0n) is 11.5. The zero-order chi connectivity index (χ0) is 15.1. The molecule has 6 heteroatoms. The number of carbonyl (C=O) groups excluding carboxylic acids is 1. The van der Waals surface area contributed by atoms with E-state index in [0.29, 0.717) is 17.7 Å². The quantitative estimate of drug-likeness (QED) is 0.943. The molecule has 2 aromatic rings. The molecule has 21 heavy (non-hydrogen) atoms. The predicted molar refractivity (Wildman–Crippen MR) is 72.7 cm³/mol. The van der Waals surface area contributed by atoms with Crippen LogP contribution in [0, 0.1) is 11.6 Å². The highest BCUT2D eigenvalue weighted by atomic mass is 19.1. The van der Waals surface area contributed by atoms with E-state index in [4.69, 9.17) is 5.73 Å². The Morgan fingerprint density at radius 1 is 1.38 bits per heavy atom. The molecule has 2 N–H and O–H groups in total. The zero-order valence-corrected chi connectivity index (χ0v) is 11.5. The van der Waals surface area contributed by atoms with Crippen molar-refractivity contribution >= 4 is 5.91 Å². The minimum atomic E-state index is -0.593. The summed E-state index contributed by atoms with van der Waals surface area (Å²) >= 11 is 0. The van der Waals surface area contributed by atoms with Gasteiger partial charge in [0.2, 0.25) is 5.91 Å². The normalized spacial score (nSPS) is 18.5. The van der Waals surface area contributed by atoms with Gasteiger partial charge < -0.3 is 10.3 Å². The van der Waals surface area contributed by atoms with E-state index < -0.39 is 23.5 Å². The second-order valence-electron chi connectivity index (χ2n) is 5.37. The fraction of sp³-hybridized carbons (Fsp3) is 0.333. The Morgan fingerprint density at radius 3 is 2.67 bits per heavy atom. The highest BCUT2D eigenvalue weighted by Gasteiger charge is 2.28. The molecule has 0 bridgehead atoms. The Balaban J connectivity index is 1.98. The predicted octanol–water partition coefficient (Wildman–Crippen LogP) is 2.29. The van der Waals surface area contributed by atoms with Crippen LogP contribution in [0.1, 0.15) is 42.4 Å². The monoisotopic (exact) mass is 291 g/mol. The lowest BCUT2D eigenvalue weighted by atomic mass is 10.0. The summed E-state index contributed by atoms with van der Waals surface area (Å²) in [6.07, 6.45) is 3.19. The number of hydrogen-bond donors (Lipinski definition) is 1. The van der Waals surface area contributed by atoms with Gasteiger partial charge in [-0.25, -0.2) is 13.8 Å². The van der Waals surface area contributed by atoms with Crippen LogP contribution >= 0.6 is 0 Å². The first kappa shape index (κ1) is 13.7. The van der Waals surface area contributed by atoms with Crippen LogP contribution in [-0.2, 0) is 11.2 Å². The maximum absolute atomic E-state index is 13.4. The van der Waals surface area contributed by atoms with Gasteiger partial charge in [0.05, 0.1) is 17.7 Å². The molecule has 2 atom stereocenters. The number of rotatable bonds is 3. The molecule has 0 saturated heterocycles. The molecule has 3 rings (SSSR count). The van der Waals surface area contributed by atoms with Crippen LogP contribution in [0.2, 0.25) is 0 Å². The van der Waals surface area contributed by atoms with Gasteiger partial charge in [0.25, 0.3) is 0 Å². The van der Waals surface area contributed by atoms with Crippen molar-refractivity contribution in [3.8, 4) is 0 Å². The summed E-state index contributed by atoms with van der Waals surface area (Å²) in [6.45, 7) is 1.69. The first-order valence-electron chi connectivity index (χ1n) is 6.78. The largest absolute Gasteiger partial charge is 0.369 e. The first-order chi connectivity index (χ1) is 9.95. The van der Waals surface area contributed by atoms with Crippen molar-refractivity contribution in [2.75, 3.05) is 0 Å². The van der Waals surface area contributed by atoms with Gasteiger partial charge in [0, 0.05) is 18.7 Å². The molecule has 1 aliphatic heterocycles. The van der Waals surface area contributed by atoms with Crippen molar-refractivity contribution < 1.29 is 13.6 Å². The van der Waals surface area contributed by atoms with Gasteiger partial charge in [-0.3, -0.25) is 4.79 Å². The highest BCUT2D eigenvalue weighted by molar-refractivity contribution is 5.80. The van der Waals surface area contributed by atoms with E-state index in [2.05, 4.69) is 4.98 Å². The lowest BCUT2D eigenvalue weighted by molar-refractivity contribution is -0.119. The minimum absolute atomic E-state index is 0.161. The van der Waals surface area contributed by atoms with E-state index in [1.54, 1.807) is 13.1 Å². The molecule has 0 fully saturated rings. The number of nitrogens with zero attached hydrogens (tertiary/aromatic N) is 2. The van der Waals surface area contributed by atoms with Crippen LogP contribution in [-0.4, -0.2) is 15.5 Å². The van der Waals surface area contributed by atoms with Crippen molar-refractivity contribution in [3.05, 3.63) is 53.1 Å². The fourth-order valence-electron chi connectivity index (χ4n) is 2.76. The summed E-state index contributed by atoms with van der Waals surface area (Å²) in [5.74, 6) is -1.30. The molecule has 0 aliphatic carbocycles. The van der Waals surface area contributed by atoms with Crippen molar-refractivity contribution in [2.24, 2.45) is 5.73 Å². The second kappa shape index (κ2) is 4.95. The molecular formula is C15H15F2N3O. The molecule has 1 aromatic heterocycles. The van der Waals surface area contributed by atoms with E-state index in [1.807, 2.05) is 4.57 Å². The first-order valence-corrected chi connectivity index (χ1v) is 6.78. The third kappa shape index (κ3) is 2.41. The molecule has 4 nitrogen and oxygen atoms in total. The Labute approximate surface area is 120 Å². The number of hydrogen-bond acceptors (Lipinski definition) is 2. The number of fused-ring (bicyclic) bond motifs is 1. The lowest BCUT2D eigenvalue weighted by Crippen LogP contribution is -2.19. The third-order valence-corrected chi connectivity index (χ3v) is 3.94. The van der Waals surface area contributed by atoms with Gasteiger partial charge in [0.1, 0.15) is 17.5 Å². The molecule has 2 heterocycles. The maximum Gasteiger partial charge on any atom is 0.226 e. The summed E-state index contributed by atoms with van der Waals surface area (Å²) < 4.78 is 28.6. The maximum atomic E-state index is 13.4. The van der Waals surface area contributed by atoms with Crippen LogP contribution < -0.4 is 5.73 Å². The van der Waals surface area contributed by atoms with Gasteiger partial charge in [-0.1, -0.05) is 0 Å². The van der Waals surface area contributed by atoms with Gasteiger partial charge in [-0.15, -0.1) is 0 Å². The molecular weight excluding hydrogens is 276 g/mol. The van der Waals surface area contributed by atoms with Crippen molar-refractivity contribution in [3.63, 3.8) is 0 Å². The minimum Gasteiger partial charge on any atom is -0.369 e. The van der Waals surface area contributed by atoms with Gasteiger partial charge in [-0.2, -0.15) is 0 Å². The molecule has 1 amide bonds. The van der Waals surface area contributed by atoms with Crippen LogP contribution in [0.4, 0.5) is 8.78 Å². The van der Waals surface area contributed by atoms with E-state index in [0.717, 1.165) is 18.3 Å². The van der Waals surface area contributed by atoms with E-state index in [-0.39, 0.29) is 6.04 Å². The Bertz CT molecular complexity index is 691. The molecule has 1 unspecified atom stereocenters. The molecule has 0 radical (unpaired) electrons. The van der Waals surface area contributed by atoms with Gasteiger partial charge >= 0.3 is 0 Å². The number of aryl methyl sites for hydroxylation is 1. The number of imidazole rings is 1. The van der Waals surface area contributed by atoms with E-state index in [9.17, 15) is 13.6 Å². The average Bonchev–Trinajstić information content (AvgIpc) is 2.95. The van der Waals surface area contributed by atoms with Crippen LogP contribution in [0.5, 0.6) is 0 Å². The van der Waals surface area contributed by atoms with E-state index in [1.165, 1.54) is 12.1 Å². The smallest absolute Gasteiger partial charge is 0.226 e. The van der Waals surface area contributed by atoms with Crippen LogP contribution in [0.3, 0.4) is 0 Å². The summed E-state index contributed by atoms with van der Waals surface area (Å²) in [5.41, 5.74) is 6.45. The van der Waals surface area contributed by atoms with Crippen molar-refractivity contribution in [1.82, 2.24) is 9.55 Å². The molecule has 1 aromatic carbocycles. The number of primary amides is 1. The second-order valence-corrected chi connectivity index (χ2v) is 5.37. The third-order valence-electron chi connectivity index (χ3n) is 3.94. The SMILES string of the molecule is CC(C(N)=O)c1cn2c(n1)CC[C@H]2c1cc(F)cc(F)c1. The van der Waals surface area contributed by atoms with E-state index >= 15 is 0 Å². The topological polar surface area (TPSA) is 60.9 Å². The Hall–Kier alpha value is -2.24.